The Hall–Kier alpha value is -2.12. The number of hydrogen-bond donors (Lipinski definition) is 3. The number of carbonyl (C=O) groups is 1. The van der Waals surface area contributed by atoms with Gasteiger partial charge >= 0.3 is 7.12 Å². The van der Waals surface area contributed by atoms with Crippen LogP contribution in [0.15, 0.2) is 24.4 Å². The number of aromatic nitrogens is 1. The van der Waals surface area contributed by atoms with Gasteiger partial charge in [0.2, 0.25) is 0 Å². The summed E-state index contributed by atoms with van der Waals surface area (Å²) in [6, 6.07) is 4.83. The van der Waals surface area contributed by atoms with Crippen molar-refractivity contribution in [2.24, 2.45) is 0 Å². The average molecular weight is 244 g/mol. The van der Waals surface area contributed by atoms with E-state index in [0.717, 1.165) is 0 Å². The van der Waals surface area contributed by atoms with E-state index >= 15 is 0 Å². The van der Waals surface area contributed by atoms with E-state index in [0.29, 0.717) is 27.8 Å². The Morgan fingerprint density at radius 2 is 2.22 bits per heavy atom. The van der Waals surface area contributed by atoms with E-state index in [1.807, 2.05) is 0 Å². The normalized spacial score (nSPS) is 13.8. The third-order valence-corrected chi connectivity index (χ3v) is 2.76. The van der Waals surface area contributed by atoms with Crippen molar-refractivity contribution in [2.75, 3.05) is 11.9 Å². The number of nitrogens with zero attached hydrogens (tertiary/aromatic N) is 1. The van der Waals surface area contributed by atoms with Gasteiger partial charge in [-0.1, -0.05) is 6.07 Å². The quantitative estimate of drug-likeness (QED) is 0.574. The molecule has 1 amide bonds. The molecule has 1 aromatic heterocycles. The lowest BCUT2D eigenvalue weighted by molar-refractivity contribution is -0.118. The summed E-state index contributed by atoms with van der Waals surface area (Å²) in [4.78, 5) is 15.4. The molecule has 0 saturated carbocycles. The van der Waals surface area contributed by atoms with Gasteiger partial charge in [-0.2, -0.15) is 0 Å². The van der Waals surface area contributed by atoms with Crippen molar-refractivity contribution < 1.29 is 19.6 Å². The first-order valence-electron chi connectivity index (χ1n) is 5.36. The topological polar surface area (TPSA) is 91.7 Å². The molecule has 0 fully saturated rings. The Bertz CT molecular complexity index is 644. The highest BCUT2D eigenvalue weighted by molar-refractivity contribution is 6.58. The highest BCUT2D eigenvalue weighted by Gasteiger charge is 2.20. The SMILES string of the molecule is O=C1COc2c(cnc3ccc(B(O)O)cc23)N1. The van der Waals surface area contributed by atoms with Gasteiger partial charge < -0.3 is 20.1 Å². The second-order valence-corrected chi connectivity index (χ2v) is 3.99. The summed E-state index contributed by atoms with van der Waals surface area (Å²) in [6.45, 7) is -0.0575. The van der Waals surface area contributed by atoms with Crippen molar-refractivity contribution in [3.8, 4) is 5.75 Å². The zero-order valence-electron chi connectivity index (χ0n) is 9.25. The Kier molecular flexibility index (Phi) is 2.43. The van der Waals surface area contributed by atoms with Gasteiger partial charge in [-0.3, -0.25) is 9.78 Å². The summed E-state index contributed by atoms with van der Waals surface area (Å²) in [5, 5.41) is 21.6. The molecule has 3 N–H and O–H groups in total. The lowest BCUT2D eigenvalue weighted by atomic mass is 9.80. The highest BCUT2D eigenvalue weighted by atomic mass is 16.5. The van der Waals surface area contributed by atoms with Gasteiger partial charge in [0, 0.05) is 5.39 Å². The lowest BCUT2D eigenvalue weighted by Crippen LogP contribution is -2.30. The molecule has 90 valence electrons. The molecule has 1 aromatic carbocycles. The van der Waals surface area contributed by atoms with Crippen LogP contribution in [0.5, 0.6) is 5.75 Å². The van der Waals surface area contributed by atoms with Crippen LogP contribution in [0.2, 0.25) is 0 Å². The monoisotopic (exact) mass is 244 g/mol. The van der Waals surface area contributed by atoms with E-state index in [1.165, 1.54) is 6.20 Å². The molecule has 0 unspecified atom stereocenters. The van der Waals surface area contributed by atoms with Gasteiger partial charge in [0.15, 0.2) is 12.4 Å². The van der Waals surface area contributed by atoms with Gasteiger partial charge in [0.05, 0.1) is 11.7 Å². The van der Waals surface area contributed by atoms with Crippen LogP contribution in [0.3, 0.4) is 0 Å². The Labute approximate surface area is 102 Å². The van der Waals surface area contributed by atoms with Gasteiger partial charge in [-0.15, -0.1) is 0 Å². The third-order valence-electron chi connectivity index (χ3n) is 2.76. The van der Waals surface area contributed by atoms with Crippen LogP contribution in [-0.2, 0) is 4.79 Å². The van der Waals surface area contributed by atoms with Crippen molar-refractivity contribution in [3.05, 3.63) is 24.4 Å². The summed E-state index contributed by atoms with van der Waals surface area (Å²) in [6.07, 6.45) is 1.52. The predicted octanol–water partition coefficient (Wildman–Crippen LogP) is -0.755. The number of nitrogens with one attached hydrogen (secondary N) is 1. The first kappa shape index (κ1) is 11.0. The van der Waals surface area contributed by atoms with Gasteiger partial charge in [-0.05, 0) is 17.6 Å². The molecular formula is C11H9BN2O4. The number of ether oxygens (including phenoxy) is 1. The third kappa shape index (κ3) is 1.69. The van der Waals surface area contributed by atoms with Crippen LogP contribution in [-0.4, -0.2) is 34.7 Å². The number of benzene rings is 1. The molecule has 6 nitrogen and oxygen atoms in total. The van der Waals surface area contributed by atoms with Crippen molar-refractivity contribution in [3.63, 3.8) is 0 Å². The Morgan fingerprint density at radius 3 is 3.00 bits per heavy atom. The lowest BCUT2D eigenvalue weighted by Gasteiger charge is -2.19. The summed E-state index contributed by atoms with van der Waals surface area (Å²) in [7, 11) is -1.55. The molecular weight excluding hydrogens is 235 g/mol. The molecule has 0 saturated heterocycles. The minimum Gasteiger partial charge on any atom is -0.481 e. The zero-order valence-corrected chi connectivity index (χ0v) is 9.25. The largest absolute Gasteiger partial charge is 0.488 e. The number of rotatable bonds is 1. The molecule has 3 rings (SSSR count). The fourth-order valence-electron chi connectivity index (χ4n) is 1.92. The van der Waals surface area contributed by atoms with Crippen molar-refractivity contribution in [1.82, 2.24) is 4.98 Å². The van der Waals surface area contributed by atoms with E-state index in [2.05, 4.69) is 10.3 Å². The van der Waals surface area contributed by atoms with E-state index < -0.39 is 7.12 Å². The second kappa shape index (κ2) is 3.97. The maximum absolute atomic E-state index is 11.2. The molecule has 2 heterocycles. The number of pyridine rings is 1. The van der Waals surface area contributed by atoms with Crippen LogP contribution >= 0.6 is 0 Å². The van der Waals surface area contributed by atoms with Gasteiger partial charge in [0.25, 0.3) is 5.91 Å². The Morgan fingerprint density at radius 1 is 1.39 bits per heavy atom. The second-order valence-electron chi connectivity index (χ2n) is 3.99. The molecule has 0 radical (unpaired) electrons. The minimum absolute atomic E-state index is 0.0575. The summed E-state index contributed by atoms with van der Waals surface area (Å²) in [5.41, 5.74) is 1.50. The summed E-state index contributed by atoms with van der Waals surface area (Å²) < 4.78 is 5.37. The van der Waals surface area contributed by atoms with Crippen LogP contribution in [0.1, 0.15) is 0 Å². The fraction of sp³-hybridized carbons (Fsp3) is 0.0909. The molecule has 1 aliphatic rings. The van der Waals surface area contributed by atoms with Crippen LogP contribution in [0.4, 0.5) is 5.69 Å². The standard InChI is InChI=1S/C11H9BN2O4/c15-10-5-18-11-7-3-6(12(16)17)1-2-8(7)13-4-9(11)14-10/h1-4,16-17H,5H2,(H,14,15). The highest BCUT2D eigenvalue weighted by Crippen LogP contribution is 2.33. The minimum atomic E-state index is -1.55. The molecule has 7 heteroatoms. The molecule has 18 heavy (non-hydrogen) atoms. The van der Waals surface area contributed by atoms with Crippen molar-refractivity contribution in [2.45, 2.75) is 0 Å². The molecule has 1 aliphatic heterocycles. The van der Waals surface area contributed by atoms with E-state index in [9.17, 15) is 4.79 Å². The summed E-state index contributed by atoms with van der Waals surface area (Å²) in [5.74, 6) is 0.268. The van der Waals surface area contributed by atoms with Crippen molar-refractivity contribution in [1.29, 1.82) is 0 Å². The average Bonchev–Trinajstić information content (AvgIpc) is 2.37. The Balaban J connectivity index is 2.23. The zero-order chi connectivity index (χ0) is 12.7. The van der Waals surface area contributed by atoms with E-state index in [1.54, 1.807) is 18.2 Å². The predicted molar refractivity (Wildman–Crippen MR) is 65.7 cm³/mol. The molecule has 2 aromatic rings. The summed E-state index contributed by atoms with van der Waals surface area (Å²) >= 11 is 0. The van der Waals surface area contributed by atoms with Crippen molar-refractivity contribution >= 4 is 35.1 Å². The first-order chi connectivity index (χ1) is 8.65. The molecule has 0 aliphatic carbocycles. The number of fused-ring (bicyclic) bond motifs is 3. The van der Waals surface area contributed by atoms with Gasteiger partial charge in [0.1, 0.15) is 5.69 Å². The molecule has 0 atom stereocenters. The van der Waals surface area contributed by atoms with Crippen LogP contribution in [0, 0.1) is 0 Å². The maximum atomic E-state index is 11.2. The molecule has 0 bridgehead atoms. The number of carbonyl (C=O) groups excluding carboxylic acids is 1. The number of hydrogen-bond acceptors (Lipinski definition) is 5. The van der Waals surface area contributed by atoms with Crippen LogP contribution < -0.4 is 15.5 Å². The van der Waals surface area contributed by atoms with E-state index in [-0.39, 0.29) is 12.5 Å². The molecule has 0 spiro atoms. The van der Waals surface area contributed by atoms with Crippen LogP contribution in [0.25, 0.3) is 10.9 Å². The maximum Gasteiger partial charge on any atom is 0.488 e. The fourth-order valence-corrected chi connectivity index (χ4v) is 1.92. The van der Waals surface area contributed by atoms with E-state index in [4.69, 9.17) is 14.8 Å². The first-order valence-corrected chi connectivity index (χ1v) is 5.36. The number of amides is 1. The smallest absolute Gasteiger partial charge is 0.481 e. The number of anilines is 1. The van der Waals surface area contributed by atoms with Gasteiger partial charge in [-0.25, -0.2) is 0 Å².